The van der Waals surface area contributed by atoms with Crippen LogP contribution in [0, 0.1) is 21.4 Å². The van der Waals surface area contributed by atoms with Gasteiger partial charge in [0.25, 0.3) is 11.6 Å². The second kappa shape index (κ2) is 18.1. The van der Waals surface area contributed by atoms with E-state index in [4.69, 9.17) is 29.7 Å². The van der Waals surface area contributed by atoms with Crippen LogP contribution in [0.4, 0.5) is 28.4 Å². The molecule has 4 N–H and O–H groups in total. The Bertz CT molecular complexity index is 3120. The van der Waals surface area contributed by atoms with Crippen LogP contribution in [0.2, 0.25) is 0 Å². The minimum Gasteiger partial charge on any atom is -0.489 e. The van der Waals surface area contributed by atoms with Crippen LogP contribution in [0.5, 0.6) is 11.6 Å². The summed E-state index contributed by atoms with van der Waals surface area (Å²) in [7, 11) is -4.77. The molecule has 7 aliphatic heterocycles. The lowest BCUT2D eigenvalue weighted by Crippen LogP contribution is -2.55. The van der Waals surface area contributed by atoms with Crippen LogP contribution < -0.4 is 30.3 Å². The summed E-state index contributed by atoms with van der Waals surface area (Å²) in [5.74, 6) is -0.741. The van der Waals surface area contributed by atoms with Gasteiger partial charge in [-0.3, -0.25) is 24.7 Å². The molecule has 1 spiro atoms. The molecule has 6 atom stereocenters. The Kier molecular flexibility index (Phi) is 11.6. The number of H-pyrrole nitrogens is 1. The number of fused-ring (bicyclic) bond motifs is 6. The number of nitro benzene ring substituents is 1. The number of aromatic nitrogens is 2. The van der Waals surface area contributed by atoms with Gasteiger partial charge in [0, 0.05) is 86.9 Å². The third-order valence-corrected chi connectivity index (χ3v) is 19.4. The molecule has 3 aromatic carbocycles. The number of piperidine rings is 1. The van der Waals surface area contributed by atoms with E-state index in [0.717, 1.165) is 69.5 Å². The number of rotatable bonds is 11. The first-order chi connectivity index (χ1) is 35.4. The van der Waals surface area contributed by atoms with Gasteiger partial charge < -0.3 is 44.8 Å². The van der Waals surface area contributed by atoms with Crippen LogP contribution in [0.15, 0.2) is 76.7 Å². The molecular formula is C54H63N9O9S. The fourth-order valence-corrected chi connectivity index (χ4v) is 15.6. The number of anilines is 4. The van der Waals surface area contributed by atoms with Crippen molar-refractivity contribution in [3.63, 3.8) is 0 Å². The molecule has 8 aliphatic rings. The molecule has 1 amide bonds. The Hall–Kier alpha value is -5.99. The lowest BCUT2D eigenvalue weighted by molar-refractivity contribution is -0.384. The number of likely N-dealkylation sites (tertiary alicyclic amines) is 2. The SMILES string of the molecule is CCc1ccccc1[C@@H]1CCCN1C1CC2(CCN(c3ccc(C(N)=O)c(N4C[C@H]5COCC[C@@H]5Oc5nc6[nH]ccc6cc54)c3S(=O)(=O)c3cc4c(c([N+](=O)[O-])c3)N[C@H](CN3C[C@H]5C[C@@H]3CO5)CO4)CC2)C1. The number of nitrogens with two attached hydrogens (primary N) is 1. The third kappa shape index (κ3) is 8.08. The number of amides is 1. The average molecular weight is 1010 g/mol. The van der Waals surface area contributed by atoms with Gasteiger partial charge in [0.1, 0.15) is 28.9 Å². The van der Waals surface area contributed by atoms with Crippen LogP contribution in [0.25, 0.3) is 11.0 Å². The van der Waals surface area contributed by atoms with E-state index >= 15 is 8.42 Å². The number of nitrogens with one attached hydrogen (secondary N) is 2. The average Bonchev–Trinajstić information content (AvgIpc) is 4.22. The minimum atomic E-state index is -4.77. The molecule has 18 nitrogen and oxygen atoms in total. The van der Waals surface area contributed by atoms with Gasteiger partial charge in [-0.2, -0.15) is 4.98 Å². The summed E-state index contributed by atoms with van der Waals surface area (Å²) in [4.78, 5) is 43.1. The van der Waals surface area contributed by atoms with Crippen molar-refractivity contribution in [3.8, 4) is 11.6 Å². The smallest absolute Gasteiger partial charge is 0.297 e. The van der Waals surface area contributed by atoms with Crippen molar-refractivity contribution < 1.29 is 37.1 Å². The summed E-state index contributed by atoms with van der Waals surface area (Å²) >= 11 is 0. The number of benzene rings is 3. The number of carbonyl (C=O) groups is 1. The lowest BCUT2D eigenvalue weighted by Gasteiger charge is -2.56. The Morgan fingerprint density at radius 3 is 2.62 bits per heavy atom. The summed E-state index contributed by atoms with van der Waals surface area (Å²) < 4.78 is 57.2. The number of nitro groups is 1. The van der Waals surface area contributed by atoms with E-state index in [9.17, 15) is 14.9 Å². The largest absolute Gasteiger partial charge is 0.489 e. The third-order valence-electron chi connectivity index (χ3n) is 17.7. The highest BCUT2D eigenvalue weighted by atomic mass is 32.2. The van der Waals surface area contributed by atoms with Crippen LogP contribution in [0.3, 0.4) is 0 Å². The van der Waals surface area contributed by atoms with Crippen molar-refractivity contribution in [1.82, 2.24) is 19.8 Å². The predicted molar refractivity (Wildman–Crippen MR) is 274 cm³/mol. The number of nitrogens with zero attached hydrogens (tertiary/aromatic N) is 6. The molecule has 19 heteroatoms. The van der Waals surface area contributed by atoms with Gasteiger partial charge in [-0.1, -0.05) is 31.2 Å². The van der Waals surface area contributed by atoms with Crippen molar-refractivity contribution in [2.24, 2.45) is 17.1 Å². The summed E-state index contributed by atoms with van der Waals surface area (Å²) in [5.41, 5.74) is 10.5. The van der Waals surface area contributed by atoms with Gasteiger partial charge in [0.15, 0.2) is 11.4 Å². The molecule has 73 heavy (non-hydrogen) atoms. The van der Waals surface area contributed by atoms with Crippen molar-refractivity contribution in [2.75, 3.05) is 80.8 Å². The quantitative estimate of drug-likeness (QED) is 0.0888. The van der Waals surface area contributed by atoms with E-state index in [1.54, 1.807) is 18.3 Å². The number of aryl methyl sites for hydroxylation is 1. The number of primary amides is 1. The Balaban J connectivity index is 0.891. The van der Waals surface area contributed by atoms with E-state index in [1.807, 2.05) is 17.0 Å². The second-order valence-electron chi connectivity index (χ2n) is 21.8. The summed E-state index contributed by atoms with van der Waals surface area (Å²) in [6, 6.07) is 19.4. The van der Waals surface area contributed by atoms with Gasteiger partial charge in [-0.15, -0.1) is 0 Å². The molecule has 384 valence electrons. The zero-order valence-electron chi connectivity index (χ0n) is 41.2. The van der Waals surface area contributed by atoms with Crippen LogP contribution in [-0.2, 0) is 25.7 Å². The fourth-order valence-electron chi connectivity index (χ4n) is 13.9. The van der Waals surface area contributed by atoms with E-state index in [-0.39, 0.29) is 87.1 Å². The van der Waals surface area contributed by atoms with Gasteiger partial charge >= 0.3 is 0 Å². The van der Waals surface area contributed by atoms with Crippen LogP contribution >= 0.6 is 0 Å². The van der Waals surface area contributed by atoms with Crippen molar-refractivity contribution in [2.45, 2.75) is 111 Å². The Morgan fingerprint density at radius 1 is 0.986 bits per heavy atom. The van der Waals surface area contributed by atoms with Crippen LogP contribution in [-0.4, -0.2) is 135 Å². The van der Waals surface area contributed by atoms with E-state index in [0.29, 0.717) is 75.0 Å². The molecule has 5 aromatic rings. The van der Waals surface area contributed by atoms with Crippen molar-refractivity contribution >= 4 is 55.2 Å². The molecule has 1 aliphatic carbocycles. The molecule has 0 unspecified atom stereocenters. The number of sulfone groups is 1. The number of hydrogen-bond donors (Lipinski definition) is 3. The fraction of sp³-hybridized carbons (Fsp3) is 0.519. The lowest BCUT2D eigenvalue weighted by atomic mass is 9.59. The highest BCUT2D eigenvalue weighted by Gasteiger charge is 2.51. The van der Waals surface area contributed by atoms with Crippen molar-refractivity contribution in [3.05, 3.63) is 93.7 Å². The number of morpholine rings is 1. The number of ether oxygens (including phenoxy) is 4. The Morgan fingerprint density at radius 2 is 1.84 bits per heavy atom. The topological polar surface area (TPSA) is 211 Å². The number of hydrogen-bond acceptors (Lipinski definition) is 15. The standard InChI is InChI=1S/C54H63N9O9S/c1-2-32-6-3-4-7-40(32)42-8-5-16-61(42)37-24-54(25-37)13-17-59(18-14-54)43-10-9-41(51(55)64)49(62-26-34-29-69-19-12-46(34)72-53-45(62)20-33-11-15-56-52(33)58-53)50(43)73(67,68)39-22-44(63(65)66)48-47(23-39)71-30-35(57-48)27-60-28-38-21-36(60)31-70-38/h3-4,6-7,9-11,15,20,22-23,34-38,42,46,57H,2,5,8,12-14,16-19,21,24-31H2,1H3,(H2,55,64)(H,56,58)/t34-,35+,36+,38+,42-,46-/m0/s1. The molecule has 2 aromatic heterocycles. The Labute approximate surface area is 424 Å². The summed E-state index contributed by atoms with van der Waals surface area (Å²) in [6.07, 6.45) is 10.4. The normalized spacial score (nSPS) is 26.9. The van der Waals surface area contributed by atoms with Crippen LogP contribution in [0.1, 0.15) is 85.8 Å². The monoisotopic (exact) mass is 1010 g/mol. The van der Waals surface area contributed by atoms with Gasteiger partial charge in [0.2, 0.25) is 15.7 Å². The number of aromatic amines is 1. The van der Waals surface area contributed by atoms with Gasteiger partial charge in [0.05, 0.1) is 58.7 Å². The molecular weight excluding hydrogens is 951 g/mol. The van der Waals surface area contributed by atoms with E-state index in [2.05, 4.69) is 56.2 Å². The number of carbonyl (C=O) groups excluding carboxylic acids is 1. The maximum absolute atomic E-state index is 16.2. The second-order valence-corrected chi connectivity index (χ2v) is 23.7. The highest BCUT2D eigenvalue weighted by Crippen LogP contribution is 2.56. The predicted octanol–water partition coefficient (Wildman–Crippen LogP) is 7.13. The van der Waals surface area contributed by atoms with Gasteiger partial charge in [-0.25, -0.2) is 8.42 Å². The van der Waals surface area contributed by atoms with E-state index < -0.39 is 26.4 Å². The zero-order chi connectivity index (χ0) is 49.8. The molecule has 2 bridgehead atoms. The first kappa shape index (κ1) is 46.8. The first-order valence-electron chi connectivity index (χ1n) is 26.3. The minimum absolute atomic E-state index is 0.0213. The first-order valence-corrected chi connectivity index (χ1v) is 27.8. The molecule has 13 rings (SSSR count). The molecule has 0 radical (unpaired) electrons. The summed E-state index contributed by atoms with van der Waals surface area (Å²) in [6.45, 7) is 7.68. The maximum atomic E-state index is 16.2. The summed E-state index contributed by atoms with van der Waals surface area (Å²) in [5, 5.41) is 17.2. The van der Waals surface area contributed by atoms with Crippen molar-refractivity contribution in [1.29, 1.82) is 0 Å². The van der Waals surface area contributed by atoms with E-state index in [1.165, 1.54) is 23.6 Å². The molecule has 1 saturated carbocycles. The maximum Gasteiger partial charge on any atom is 0.297 e. The molecule has 6 fully saturated rings. The zero-order valence-corrected chi connectivity index (χ0v) is 42.0. The molecule has 5 saturated heterocycles. The molecule has 9 heterocycles. The highest BCUT2D eigenvalue weighted by molar-refractivity contribution is 7.91. The number of pyridine rings is 1. The van der Waals surface area contributed by atoms with Gasteiger partial charge in [-0.05, 0) is 98.7 Å².